The third kappa shape index (κ3) is 2.69. The molecule has 0 heterocycles. The predicted molar refractivity (Wildman–Crippen MR) is 71.4 cm³/mol. The van der Waals surface area contributed by atoms with Gasteiger partial charge in [0.2, 0.25) is 5.60 Å². The van der Waals surface area contributed by atoms with Gasteiger partial charge in [-0.2, -0.15) is 13.2 Å². The number of hydrogen-bond donors (Lipinski definition) is 2. The molecule has 1 fully saturated rings. The molecule has 0 spiro atoms. The number of benzene rings is 1. The average Bonchev–Trinajstić information content (AvgIpc) is 2.87. The van der Waals surface area contributed by atoms with Crippen LogP contribution in [0, 0.1) is 5.82 Å². The van der Waals surface area contributed by atoms with Crippen molar-refractivity contribution in [1.29, 1.82) is 0 Å². The molecule has 22 heavy (non-hydrogen) atoms. The molecule has 1 aliphatic rings. The van der Waals surface area contributed by atoms with Crippen LogP contribution in [0.5, 0.6) is 0 Å². The highest BCUT2D eigenvalue weighted by atomic mass is 19.4. The van der Waals surface area contributed by atoms with Crippen molar-refractivity contribution in [3.63, 3.8) is 0 Å². The molecule has 0 bridgehead atoms. The number of amides is 1. The minimum atomic E-state index is -5.21. The first-order valence-electron chi connectivity index (χ1n) is 6.96. The van der Waals surface area contributed by atoms with Crippen molar-refractivity contribution in [3.8, 4) is 0 Å². The number of alkyl halides is 3. The van der Waals surface area contributed by atoms with Crippen molar-refractivity contribution in [2.24, 2.45) is 5.73 Å². The molecule has 1 aromatic rings. The molecule has 0 radical (unpaired) electrons. The third-order valence-corrected chi connectivity index (χ3v) is 4.48. The Morgan fingerprint density at radius 2 is 1.77 bits per heavy atom. The summed E-state index contributed by atoms with van der Waals surface area (Å²) in [7, 11) is 0. The molecule has 0 aliphatic heterocycles. The van der Waals surface area contributed by atoms with Gasteiger partial charge in [0.25, 0.3) is 5.91 Å². The zero-order chi connectivity index (χ0) is 16.6. The summed E-state index contributed by atoms with van der Waals surface area (Å²) >= 11 is 0. The van der Waals surface area contributed by atoms with E-state index >= 15 is 0 Å². The monoisotopic (exact) mass is 319 g/mol. The maximum absolute atomic E-state index is 14.1. The van der Waals surface area contributed by atoms with Gasteiger partial charge < -0.3 is 10.8 Å². The van der Waals surface area contributed by atoms with E-state index in [1.807, 2.05) is 0 Å². The molecule has 1 amide bonds. The second kappa shape index (κ2) is 5.53. The lowest BCUT2D eigenvalue weighted by Gasteiger charge is -2.38. The van der Waals surface area contributed by atoms with Crippen molar-refractivity contribution in [2.45, 2.75) is 49.3 Å². The normalized spacial score (nSPS) is 20.6. The van der Waals surface area contributed by atoms with E-state index < -0.39 is 35.3 Å². The SMILES string of the molecule is NC(=O)C(O)(CC1(c2ccccc2F)CCCC1)C(F)(F)F. The highest BCUT2D eigenvalue weighted by Crippen LogP contribution is 2.50. The van der Waals surface area contributed by atoms with Gasteiger partial charge in [-0.05, 0) is 24.5 Å². The van der Waals surface area contributed by atoms with E-state index in [9.17, 15) is 27.5 Å². The fourth-order valence-corrected chi connectivity index (χ4v) is 3.30. The number of hydrogen-bond acceptors (Lipinski definition) is 2. The van der Waals surface area contributed by atoms with E-state index in [1.165, 1.54) is 18.2 Å². The summed E-state index contributed by atoms with van der Waals surface area (Å²) in [4.78, 5) is 11.3. The molecular formula is C15H17F4NO2. The number of carbonyl (C=O) groups is 1. The summed E-state index contributed by atoms with van der Waals surface area (Å²) in [6, 6.07) is 5.52. The molecular weight excluding hydrogens is 302 g/mol. The summed E-state index contributed by atoms with van der Waals surface area (Å²) in [6.07, 6.45) is -4.44. The van der Waals surface area contributed by atoms with Crippen LogP contribution in [0.2, 0.25) is 0 Å². The molecule has 2 rings (SSSR count). The van der Waals surface area contributed by atoms with Crippen molar-refractivity contribution in [3.05, 3.63) is 35.6 Å². The van der Waals surface area contributed by atoms with E-state index in [0.29, 0.717) is 12.8 Å². The smallest absolute Gasteiger partial charge is 0.373 e. The second-order valence-electron chi connectivity index (χ2n) is 5.87. The Labute approximate surface area is 125 Å². The quantitative estimate of drug-likeness (QED) is 0.838. The fourth-order valence-electron chi connectivity index (χ4n) is 3.30. The van der Waals surface area contributed by atoms with Crippen LogP contribution >= 0.6 is 0 Å². The summed E-state index contributed by atoms with van der Waals surface area (Å²) in [5, 5.41) is 9.88. The first-order chi connectivity index (χ1) is 10.1. The standard InChI is InChI=1S/C15H17F4NO2/c16-11-6-2-1-5-10(11)13(7-3-4-8-13)9-14(22,12(20)21)15(17,18)19/h1-2,5-6,22H,3-4,7-9H2,(H2,20,21). The Hall–Kier alpha value is -1.63. The minimum Gasteiger partial charge on any atom is -0.373 e. The van der Waals surface area contributed by atoms with Gasteiger partial charge in [-0.3, -0.25) is 4.79 Å². The lowest BCUT2D eigenvalue weighted by Crippen LogP contribution is -2.58. The number of aliphatic hydroxyl groups is 1. The molecule has 1 unspecified atom stereocenters. The van der Waals surface area contributed by atoms with Gasteiger partial charge in [-0.1, -0.05) is 31.0 Å². The third-order valence-electron chi connectivity index (χ3n) is 4.48. The molecule has 3 nitrogen and oxygen atoms in total. The minimum absolute atomic E-state index is 0.0939. The summed E-state index contributed by atoms with van der Waals surface area (Å²) in [5.41, 5.74) is -0.0110. The van der Waals surface area contributed by atoms with Crippen molar-refractivity contribution in [1.82, 2.24) is 0 Å². The molecule has 1 aromatic carbocycles. The van der Waals surface area contributed by atoms with Gasteiger partial charge in [-0.25, -0.2) is 4.39 Å². The topological polar surface area (TPSA) is 63.3 Å². The zero-order valence-corrected chi connectivity index (χ0v) is 11.8. The molecule has 1 atom stereocenters. The summed E-state index contributed by atoms with van der Waals surface area (Å²) in [6.45, 7) is 0. The molecule has 1 aliphatic carbocycles. The summed E-state index contributed by atoms with van der Waals surface area (Å²) < 4.78 is 53.5. The van der Waals surface area contributed by atoms with Crippen molar-refractivity contribution < 1.29 is 27.5 Å². The fraction of sp³-hybridized carbons (Fsp3) is 0.533. The highest BCUT2D eigenvalue weighted by Gasteiger charge is 2.62. The molecule has 3 N–H and O–H groups in total. The van der Waals surface area contributed by atoms with Gasteiger partial charge in [0.1, 0.15) is 5.82 Å². The van der Waals surface area contributed by atoms with Crippen LogP contribution < -0.4 is 5.73 Å². The largest absolute Gasteiger partial charge is 0.426 e. The predicted octanol–water partition coefficient (Wildman–Crippen LogP) is 2.81. The zero-order valence-electron chi connectivity index (χ0n) is 11.8. The Balaban J connectivity index is 2.50. The van der Waals surface area contributed by atoms with E-state index in [1.54, 1.807) is 0 Å². The van der Waals surface area contributed by atoms with Gasteiger partial charge in [0.05, 0.1) is 0 Å². The van der Waals surface area contributed by atoms with Gasteiger partial charge in [0, 0.05) is 11.8 Å². The molecule has 1 saturated carbocycles. The van der Waals surface area contributed by atoms with Crippen LogP contribution in [0.25, 0.3) is 0 Å². The first-order valence-corrected chi connectivity index (χ1v) is 6.96. The maximum atomic E-state index is 14.1. The number of primary amides is 1. The number of rotatable bonds is 4. The van der Waals surface area contributed by atoms with Crippen LogP contribution in [0.3, 0.4) is 0 Å². The maximum Gasteiger partial charge on any atom is 0.426 e. The lowest BCUT2D eigenvalue weighted by molar-refractivity contribution is -0.256. The average molecular weight is 319 g/mol. The number of halogens is 4. The Morgan fingerprint density at radius 1 is 1.23 bits per heavy atom. The van der Waals surface area contributed by atoms with E-state index in [0.717, 1.165) is 6.07 Å². The summed E-state index contributed by atoms with van der Waals surface area (Å²) in [5.74, 6) is -2.50. The molecule has 122 valence electrons. The van der Waals surface area contributed by atoms with Gasteiger partial charge in [0.15, 0.2) is 0 Å². The van der Waals surface area contributed by atoms with Crippen LogP contribution in [0.4, 0.5) is 17.6 Å². The molecule has 0 saturated heterocycles. The molecule has 0 aromatic heterocycles. The first kappa shape index (κ1) is 16.7. The van der Waals surface area contributed by atoms with Crippen LogP contribution in [-0.2, 0) is 10.2 Å². The molecule has 7 heteroatoms. The van der Waals surface area contributed by atoms with Crippen LogP contribution in [-0.4, -0.2) is 22.8 Å². The van der Waals surface area contributed by atoms with E-state index in [4.69, 9.17) is 5.73 Å². The number of nitrogens with two attached hydrogens (primary N) is 1. The van der Waals surface area contributed by atoms with Crippen LogP contribution in [0.1, 0.15) is 37.7 Å². The van der Waals surface area contributed by atoms with E-state index in [-0.39, 0.29) is 18.4 Å². The Morgan fingerprint density at radius 3 is 2.23 bits per heavy atom. The van der Waals surface area contributed by atoms with Gasteiger partial charge in [-0.15, -0.1) is 0 Å². The van der Waals surface area contributed by atoms with Gasteiger partial charge >= 0.3 is 6.18 Å². The van der Waals surface area contributed by atoms with Crippen LogP contribution in [0.15, 0.2) is 24.3 Å². The van der Waals surface area contributed by atoms with Crippen molar-refractivity contribution in [2.75, 3.05) is 0 Å². The number of carbonyl (C=O) groups excluding carboxylic acids is 1. The lowest BCUT2D eigenvalue weighted by atomic mass is 9.70. The van der Waals surface area contributed by atoms with E-state index in [2.05, 4.69) is 0 Å². The highest BCUT2D eigenvalue weighted by molar-refractivity contribution is 5.84. The Bertz CT molecular complexity index is 567. The second-order valence-corrected chi connectivity index (χ2v) is 5.87. The Kier molecular flexibility index (Phi) is 4.21. The van der Waals surface area contributed by atoms with Crippen molar-refractivity contribution >= 4 is 5.91 Å².